The molecule has 6 nitrogen and oxygen atoms in total. The van der Waals surface area contributed by atoms with Crippen molar-refractivity contribution in [3.05, 3.63) is 75.5 Å². The Labute approximate surface area is 169 Å². The molecule has 0 N–H and O–H groups in total. The van der Waals surface area contributed by atoms with E-state index in [0.717, 1.165) is 42.6 Å². The van der Waals surface area contributed by atoms with Gasteiger partial charge >= 0.3 is 5.69 Å². The molecular weight excluding hydrogens is 368 g/mol. The molecule has 3 aromatic rings. The standard InChI is InChI=1S/C23H22N2O4/c1-15-20(17-10-12-18(28-2)13-11-17)14-24-23(22(15)25(26)27)29-21-9-5-7-16-6-3-4-8-19(16)21/h5,7,9-14H,3-4,6,8H2,1-2H3. The largest absolute Gasteiger partial charge is 0.497 e. The van der Waals surface area contributed by atoms with E-state index in [1.165, 1.54) is 5.56 Å². The highest BCUT2D eigenvalue weighted by atomic mass is 16.6. The molecule has 0 saturated heterocycles. The van der Waals surface area contributed by atoms with E-state index in [2.05, 4.69) is 11.1 Å². The number of aromatic nitrogens is 1. The van der Waals surface area contributed by atoms with Crippen LogP contribution in [-0.2, 0) is 12.8 Å². The van der Waals surface area contributed by atoms with Crippen molar-refractivity contribution in [2.75, 3.05) is 7.11 Å². The number of ether oxygens (including phenoxy) is 2. The number of benzene rings is 2. The lowest BCUT2D eigenvalue weighted by Gasteiger charge is -2.19. The van der Waals surface area contributed by atoms with Crippen LogP contribution in [-0.4, -0.2) is 17.0 Å². The Kier molecular flexibility index (Phi) is 5.16. The van der Waals surface area contributed by atoms with E-state index in [0.29, 0.717) is 16.9 Å². The zero-order valence-electron chi connectivity index (χ0n) is 16.5. The third-order valence-corrected chi connectivity index (χ3v) is 5.42. The van der Waals surface area contributed by atoms with Crippen LogP contribution in [0.15, 0.2) is 48.7 Å². The third-order valence-electron chi connectivity index (χ3n) is 5.42. The number of rotatable bonds is 5. The van der Waals surface area contributed by atoms with Gasteiger partial charge in [0, 0.05) is 17.3 Å². The molecule has 0 saturated carbocycles. The average Bonchev–Trinajstić information content (AvgIpc) is 2.74. The van der Waals surface area contributed by atoms with Crippen LogP contribution in [0.3, 0.4) is 0 Å². The predicted molar refractivity (Wildman–Crippen MR) is 111 cm³/mol. The van der Waals surface area contributed by atoms with Crippen LogP contribution < -0.4 is 9.47 Å². The maximum Gasteiger partial charge on any atom is 0.334 e. The molecule has 1 heterocycles. The van der Waals surface area contributed by atoms with Crippen molar-refractivity contribution in [3.63, 3.8) is 0 Å². The highest BCUT2D eigenvalue weighted by Crippen LogP contribution is 2.39. The van der Waals surface area contributed by atoms with Gasteiger partial charge in [0.05, 0.1) is 12.0 Å². The van der Waals surface area contributed by atoms with Crippen LogP contribution in [0.4, 0.5) is 5.69 Å². The van der Waals surface area contributed by atoms with E-state index >= 15 is 0 Å². The highest BCUT2D eigenvalue weighted by molar-refractivity contribution is 5.72. The molecule has 2 aromatic carbocycles. The fourth-order valence-electron chi connectivity index (χ4n) is 3.87. The summed E-state index contributed by atoms with van der Waals surface area (Å²) < 4.78 is 11.2. The molecule has 0 radical (unpaired) electrons. The van der Waals surface area contributed by atoms with Crippen LogP contribution in [0.25, 0.3) is 11.1 Å². The molecule has 6 heteroatoms. The van der Waals surface area contributed by atoms with Crippen LogP contribution in [0.1, 0.15) is 29.5 Å². The number of nitrogens with zero attached hydrogens (tertiary/aromatic N) is 2. The first-order valence-electron chi connectivity index (χ1n) is 9.65. The zero-order valence-corrected chi connectivity index (χ0v) is 16.5. The number of fused-ring (bicyclic) bond motifs is 1. The summed E-state index contributed by atoms with van der Waals surface area (Å²) in [4.78, 5) is 15.8. The summed E-state index contributed by atoms with van der Waals surface area (Å²) in [5.74, 6) is 1.42. The van der Waals surface area contributed by atoms with Crippen LogP contribution in [0.2, 0.25) is 0 Å². The van der Waals surface area contributed by atoms with Gasteiger partial charge < -0.3 is 9.47 Å². The summed E-state index contributed by atoms with van der Waals surface area (Å²) in [7, 11) is 1.60. The lowest BCUT2D eigenvalue weighted by molar-refractivity contribution is -0.386. The van der Waals surface area contributed by atoms with E-state index in [-0.39, 0.29) is 11.6 Å². The third kappa shape index (κ3) is 3.66. The Morgan fingerprint density at radius 2 is 1.83 bits per heavy atom. The highest BCUT2D eigenvalue weighted by Gasteiger charge is 2.26. The van der Waals surface area contributed by atoms with Crippen LogP contribution in [0, 0.1) is 17.0 Å². The van der Waals surface area contributed by atoms with E-state index in [9.17, 15) is 10.1 Å². The Bertz CT molecular complexity index is 1060. The van der Waals surface area contributed by atoms with Gasteiger partial charge in [0.2, 0.25) is 0 Å². The summed E-state index contributed by atoms with van der Waals surface area (Å²) >= 11 is 0. The molecule has 1 aliphatic carbocycles. The van der Waals surface area contributed by atoms with E-state index in [4.69, 9.17) is 9.47 Å². The van der Waals surface area contributed by atoms with Crippen LogP contribution in [0.5, 0.6) is 17.4 Å². The molecule has 0 fully saturated rings. The zero-order chi connectivity index (χ0) is 20.4. The fourth-order valence-corrected chi connectivity index (χ4v) is 3.87. The summed E-state index contributed by atoms with van der Waals surface area (Å²) in [6.45, 7) is 1.73. The quantitative estimate of drug-likeness (QED) is 0.416. The van der Waals surface area contributed by atoms with Crippen LogP contribution >= 0.6 is 0 Å². The molecule has 29 heavy (non-hydrogen) atoms. The summed E-state index contributed by atoms with van der Waals surface area (Å²) in [5.41, 5.74) is 4.33. The molecule has 148 valence electrons. The number of hydrogen-bond acceptors (Lipinski definition) is 5. The van der Waals surface area contributed by atoms with E-state index < -0.39 is 4.92 Å². The molecule has 0 aliphatic heterocycles. The normalized spacial score (nSPS) is 12.9. The number of nitro groups is 1. The van der Waals surface area contributed by atoms with E-state index in [1.54, 1.807) is 20.2 Å². The Morgan fingerprint density at radius 3 is 2.55 bits per heavy atom. The Hall–Kier alpha value is -3.41. The van der Waals surface area contributed by atoms with Crippen molar-refractivity contribution in [2.24, 2.45) is 0 Å². The lowest BCUT2D eigenvalue weighted by atomic mass is 9.91. The van der Waals surface area contributed by atoms with Crippen molar-refractivity contribution >= 4 is 5.69 Å². The molecule has 1 aromatic heterocycles. The first kappa shape index (κ1) is 18.9. The van der Waals surface area contributed by atoms with Crippen molar-refractivity contribution < 1.29 is 14.4 Å². The van der Waals surface area contributed by atoms with E-state index in [1.807, 2.05) is 36.4 Å². The molecule has 1 aliphatic rings. The minimum absolute atomic E-state index is 0.0312. The van der Waals surface area contributed by atoms with Crippen molar-refractivity contribution in [1.82, 2.24) is 4.98 Å². The number of aryl methyl sites for hydroxylation is 1. The van der Waals surface area contributed by atoms with Crippen molar-refractivity contribution in [3.8, 4) is 28.5 Å². The van der Waals surface area contributed by atoms with Gasteiger partial charge in [-0.2, -0.15) is 0 Å². The van der Waals surface area contributed by atoms with Gasteiger partial charge in [0.25, 0.3) is 5.88 Å². The number of methoxy groups -OCH3 is 1. The Morgan fingerprint density at radius 1 is 1.07 bits per heavy atom. The van der Waals surface area contributed by atoms with Gasteiger partial charge in [0.1, 0.15) is 11.5 Å². The molecule has 0 spiro atoms. The summed E-state index contributed by atoms with van der Waals surface area (Å²) in [6, 6.07) is 13.3. The first-order chi connectivity index (χ1) is 14.1. The first-order valence-corrected chi connectivity index (χ1v) is 9.65. The predicted octanol–water partition coefficient (Wildman–Crippen LogP) is 5.64. The van der Waals surface area contributed by atoms with Gasteiger partial charge in [0.15, 0.2) is 0 Å². The second-order valence-corrected chi connectivity index (χ2v) is 7.14. The van der Waals surface area contributed by atoms with Crippen molar-refractivity contribution in [1.29, 1.82) is 0 Å². The van der Waals surface area contributed by atoms with Gasteiger partial charge in [-0.1, -0.05) is 24.3 Å². The van der Waals surface area contributed by atoms with Gasteiger partial charge in [-0.15, -0.1) is 0 Å². The average molecular weight is 390 g/mol. The molecule has 4 rings (SSSR count). The van der Waals surface area contributed by atoms with Gasteiger partial charge in [-0.25, -0.2) is 4.98 Å². The molecule has 0 unspecified atom stereocenters. The van der Waals surface area contributed by atoms with Crippen molar-refractivity contribution in [2.45, 2.75) is 32.6 Å². The minimum Gasteiger partial charge on any atom is -0.497 e. The van der Waals surface area contributed by atoms with Gasteiger partial charge in [-0.3, -0.25) is 10.1 Å². The Balaban J connectivity index is 1.75. The second kappa shape index (κ2) is 7.91. The monoisotopic (exact) mass is 390 g/mol. The topological polar surface area (TPSA) is 74.5 Å². The minimum atomic E-state index is -0.417. The molecule has 0 bridgehead atoms. The molecular formula is C23H22N2O4. The lowest BCUT2D eigenvalue weighted by Crippen LogP contribution is -2.06. The number of hydrogen-bond donors (Lipinski definition) is 0. The molecule has 0 atom stereocenters. The second-order valence-electron chi connectivity index (χ2n) is 7.14. The molecule has 0 amide bonds. The SMILES string of the molecule is COc1ccc(-c2cnc(Oc3cccc4c3CCCC4)c([N+](=O)[O-])c2C)cc1. The fraction of sp³-hybridized carbons (Fsp3) is 0.261. The number of pyridine rings is 1. The maximum atomic E-state index is 11.9. The summed E-state index contributed by atoms with van der Waals surface area (Å²) in [6.07, 6.45) is 5.82. The van der Waals surface area contributed by atoms with Gasteiger partial charge in [-0.05, 0) is 67.5 Å². The maximum absolute atomic E-state index is 11.9. The smallest absolute Gasteiger partial charge is 0.334 e. The summed E-state index contributed by atoms with van der Waals surface area (Å²) in [5, 5.41) is 11.9.